The molecule has 29 heavy (non-hydrogen) atoms. The van der Waals surface area contributed by atoms with E-state index in [0.29, 0.717) is 29.2 Å². The molecule has 0 saturated carbocycles. The van der Waals surface area contributed by atoms with Crippen LogP contribution in [0.3, 0.4) is 0 Å². The minimum absolute atomic E-state index is 0.158. The van der Waals surface area contributed by atoms with E-state index in [9.17, 15) is 14.9 Å². The fraction of sp³-hybridized carbons (Fsp3) is 0.182. The first-order valence-corrected chi connectivity index (χ1v) is 9.28. The monoisotopic (exact) mass is 385 g/mol. The largest absolute Gasteiger partial charge is 0.349 e. The highest BCUT2D eigenvalue weighted by Gasteiger charge is 2.30. The van der Waals surface area contributed by atoms with Crippen molar-refractivity contribution < 1.29 is 9.59 Å². The van der Waals surface area contributed by atoms with E-state index in [4.69, 9.17) is 0 Å². The third-order valence-electron chi connectivity index (χ3n) is 4.94. The van der Waals surface area contributed by atoms with Crippen molar-refractivity contribution in [2.24, 2.45) is 0 Å². The molecule has 7 heteroatoms. The van der Waals surface area contributed by atoms with Gasteiger partial charge in [-0.2, -0.15) is 5.26 Å². The Hall–Kier alpha value is -3.92. The average molecular weight is 385 g/mol. The van der Waals surface area contributed by atoms with E-state index in [2.05, 4.69) is 21.7 Å². The number of carbonyl (C=O) groups is 2. The molecule has 7 nitrogen and oxygen atoms in total. The predicted octanol–water partition coefficient (Wildman–Crippen LogP) is 3.04. The van der Waals surface area contributed by atoms with Gasteiger partial charge in [0, 0.05) is 24.2 Å². The van der Waals surface area contributed by atoms with Crippen LogP contribution in [-0.4, -0.2) is 27.9 Å². The summed E-state index contributed by atoms with van der Waals surface area (Å²) in [6, 6.07) is 16.5. The zero-order chi connectivity index (χ0) is 20.4. The summed E-state index contributed by atoms with van der Waals surface area (Å²) in [4.78, 5) is 29.3. The van der Waals surface area contributed by atoms with E-state index < -0.39 is 0 Å². The van der Waals surface area contributed by atoms with Crippen LogP contribution in [0.4, 0.5) is 5.69 Å². The third kappa shape index (κ3) is 3.60. The molecule has 144 valence electrons. The highest BCUT2D eigenvalue weighted by atomic mass is 16.2. The predicted molar refractivity (Wildman–Crippen MR) is 108 cm³/mol. The maximum atomic E-state index is 12.6. The molecule has 1 aromatic heterocycles. The van der Waals surface area contributed by atoms with E-state index in [1.807, 2.05) is 37.3 Å². The second-order valence-corrected chi connectivity index (χ2v) is 6.98. The number of nitrogens with one attached hydrogen (secondary N) is 2. The van der Waals surface area contributed by atoms with Gasteiger partial charge in [0.05, 0.1) is 23.9 Å². The number of carbonyl (C=O) groups excluding carboxylic acids is 2. The molecule has 1 aliphatic rings. The minimum atomic E-state index is -0.308. The molecule has 1 unspecified atom stereocenters. The lowest BCUT2D eigenvalue weighted by atomic mass is 10.1. The topological polar surface area (TPSA) is 99.8 Å². The first kappa shape index (κ1) is 18.4. The highest BCUT2D eigenvalue weighted by molar-refractivity contribution is 5.95. The van der Waals surface area contributed by atoms with Crippen LogP contribution in [0.2, 0.25) is 0 Å². The summed E-state index contributed by atoms with van der Waals surface area (Å²) >= 11 is 0. The molecule has 0 bridgehead atoms. The molecule has 0 saturated heterocycles. The maximum absolute atomic E-state index is 12.6. The van der Waals surface area contributed by atoms with E-state index in [1.165, 1.54) is 6.20 Å². The second-order valence-electron chi connectivity index (χ2n) is 6.98. The van der Waals surface area contributed by atoms with Crippen LogP contribution in [0.25, 0.3) is 11.4 Å². The Balaban J connectivity index is 1.64. The van der Waals surface area contributed by atoms with Gasteiger partial charge in [-0.1, -0.05) is 29.8 Å². The van der Waals surface area contributed by atoms with Crippen molar-refractivity contribution in [3.63, 3.8) is 0 Å². The number of aryl methyl sites for hydroxylation is 1. The van der Waals surface area contributed by atoms with Gasteiger partial charge < -0.3 is 15.2 Å². The lowest BCUT2D eigenvalue weighted by Gasteiger charge is -2.27. The molecule has 2 N–H and O–H groups in total. The number of rotatable bonds is 4. The van der Waals surface area contributed by atoms with E-state index in [-0.39, 0.29) is 24.3 Å². The van der Waals surface area contributed by atoms with Gasteiger partial charge in [0.25, 0.3) is 5.91 Å². The normalized spacial score (nSPS) is 15.2. The summed E-state index contributed by atoms with van der Waals surface area (Å²) in [6.07, 6.45) is 1.65. The Kier molecular flexibility index (Phi) is 4.83. The number of benzene rings is 2. The minimum Gasteiger partial charge on any atom is -0.349 e. The van der Waals surface area contributed by atoms with Gasteiger partial charge >= 0.3 is 0 Å². The van der Waals surface area contributed by atoms with E-state index in [1.54, 1.807) is 22.8 Å². The van der Waals surface area contributed by atoms with Gasteiger partial charge in [-0.15, -0.1) is 0 Å². The summed E-state index contributed by atoms with van der Waals surface area (Å²) in [5, 5.41) is 15.1. The number of nitriles is 1. The molecule has 1 aliphatic heterocycles. The van der Waals surface area contributed by atoms with Crippen LogP contribution in [0.15, 0.2) is 54.7 Å². The summed E-state index contributed by atoms with van der Waals surface area (Å²) in [7, 11) is 0. The zero-order valence-electron chi connectivity index (χ0n) is 15.8. The Morgan fingerprint density at radius 2 is 2.03 bits per heavy atom. The van der Waals surface area contributed by atoms with Crippen molar-refractivity contribution in [3.8, 4) is 17.5 Å². The number of aromatic nitrogens is 2. The van der Waals surface area contributed by atoms with Crippen LogP contribution in [0, 0.1) is 18.3 Å². The van der Waals surface area contributed by atoms with Gasteiger partial charge in [-0.25, -0.2) is 4.98 Å². The lowest BCUT2D eigenvalue weighted by Crippen LogP contribution is -2.40. The SMILES string of the molecule is Cc1ccc(NC(=O)CC2CNC(=O)c3cnc(-c4ccccc4C#N)n32)cc1. The smallest absolute Gasteiger partial charge is 0.269 e. The summed E-state index contributed by atoms with van der Waals surface area (Å²) < 4.78 is 1.77. The lowest BCUT2D eigenvalue weighted by molar-refractivity contribution is -0.117. The number of imidazole rings is 1. The van der Waals surface area contributed by atoms with Crippen molar-refractivity contribution in [2.75, 3.05) is 11.9 Å². The van der Waals surface area contributed by atoms with Crippen LogP contribution in [0.1, 0.15) is 34.1 Å². The van der Waals surface area contributed by atoms with Crippen LogP contribution in [-0.2, 0) is 4.79 Å². The van der Waals surface area contributed by atoms with Crippen molar-refractivity contribution in [3.05, 3.63) is 71.5 Å². The van der Waals surface area contributed by atoms with Crippen LogP contribution < -0.4 is 10.6 Å². The summed E-state index contributed by atoms with van der Waals surface area (Å²) in [5.41, 5.74) is 3.32. The molecule has 2 heterocycles. The Morgan fingerprint density at radius 3 is 2.79 bits per heavy atom. The summed E-state index contributed by atoms with van der Waals surface area (Å²) in [6.45, 7) is 2.29. The molecule has 0 spiro atoms. The number of nitrogens with zero attached hydrogens (tertiary/aromatic N) is 3. The molecule has 0 aliphatic carbocycles. The maximum Gasteiger partial charge on any atom is 0.269 e. The molecule has 0 radical (unpaired) electrons. The Labute approximate surface area is 168 Å². The summed E-state index contributed by atoms with van der Waals surface area (Å²) in [5.74, 6) is 0.114. The molecule has 4 rings (SSSR count). The van der Waals surface area contributed by atoms with E-state index >= 15 is 0 Å². The molecule has 0 fully saturated rings. The average Bonchev–Trinajstić information content (AvgIpc) is 3.18. The number of hydrogen-bond acceptors (Lipinski definition) is 4. The molecule has 3 aromatic rings. The van der Waals surface area contributed by atoms with Gasteiger partial charge in [-0.05, 0) is 31.2 Å². The Bertz CT molecular complexity index is 1120. The highest BCUT2D eigenvalue weighted by Crippen LogP contribution is 2.30. The molecule has 1 atom stereocenters. The van der Waals surface area contributed by atoms with Gasteiger partial charge in [0.1, 0.15) is 11.5 Å². The number of amides is 2. The van der Waals surface area contributed by atoms with Gasteiger partial charge in [-0.3, -0.25) is 9.59 Å². The van der Waals surface area contributed by atoms with E-state index in [0.717, 1.165) is 11.3 Å². The van der Waals surface area contributed by atoms with Crippen molar-refractivity contribution in [1.82, 2.24) is 14.9 Å². The Morgan fingerprint density at radius 1 is 1.28 bits per heavy atom. The van der Waals surface area contributed by atoms with Gasteiger partial charge in [0.2, 0.25) is 5.91 Å². The molecular formula is C22H19N5O2. The first-order chi connectivity index (χ1) is 14.1. The number of fused-ring (bicyclic) bond motifs is 1. The molecule has 2 aromatic carbocycles. The zero-order valence-corrected chi connectivity index (χ0v) is 15.8. The van der Waals surface area contributed by atoms with Crippen molar-refractivity contribution in [2.45, 2.75) is 19.4 Å². The number of hydrogen-bond donors (Lipinski definition) is 2. The number of anilines is 1. The molecular weight excluding hydrogens is 366 g/mol. The standard InChI is InChI=1S/C22H19N5O2/c1-14-6-8-16(9-7-14)26-20(28)10-17-12-25-22(29)19-13-24-21(27(17)19)18-5-3-2-4-15(18)11-23/h2-9,13,17H,10,12H2,1H3,(H,25,29)(H,26,28). The van der Waals surface area contributed by atoms with Crippen molar-refractivity contribution >= 4 is 17.5 Å². The fourth-order valence-electron chi connectivity index (χ4n) is 3.49. The van der Waals surface area contributed by atoms with Gasteiger partial charge in [0.15, 0.2) is 0 Å². The molecule has 2 amide bonds. The third-order valence-corrected chi connectivity index (χ3v) is 4.94. The van der Waals surface area contributed by atoms with Crippen LogP contribution >= 0.6 is 0 Å². The quantitative estimate of drug-likeness (QED) is 0.721. The second kappa shape index (κ2) is 7.60. The van der Waals surface area contributed by atoms with Crippen LogP contribution in [0.5, 0.6) is 0 Å². The van der Waals surface area contributed by atoms with Crippen molar-refractivity contribution in [1.29, 1.82) is 5.26 Å². The fourth-order valence-corrected chi connectivity index (χ4v) is 3.49. The first-order valence-electron chi connectivity index (χ1n) is 9.28.